The minimum absolute atomic E-state index is 0.377. The highest BCUT2D eigenvalue weighted by atomic mass is 16.4. The van der Waals surface area contributed by atoms with Gasteiger partial charge in [-0.1, -0.05) is 0 Å². The molecule has 0 radical (unpaired) electrons. The maximum absolute atomic E-state index is 12.3. The zero-order valence-electron chi connectivity index (χ0n) is 12.3. The number of hydrogen-bond donors (Lipinski definition) is 2. The van der Waals surface area contributed by atoms with Crippen molar-refractivity contribution in [1.29, 1.82) is 0 Å². The Morgan fingerprint density at radius 1 is 1.33 bits per heavy atom. The minimum Gasteiger partial charge on any atom is -0.479 e. The molecular weight excluding hydrogens is 274 g/mol. The summed E-state index contributed by atoms with van der Waals surface area (Å²) < 4.78 is 6.88. The Morgan fingerprint density at radius 3 is 2.43 bits per heavy atom. The van der Waals surface area contributed by atoms with Crippen LogP contribution in [0.3, 0.4) is 0 Å². The fourth-order valence-corrected chi connectivity index (χ4v) is 2.21. The summed E-state index contributed by atoms with van der Waals surface area (Å²) in [5.41, 5.74) is 1.50. The smallest absolute Gasteiger partial charge is 0.331 e. The summed E-state index contributed by atoms with van der Waals surface area (Å²) in [6, 6.07) is -1.15. The predicted octanol–water partition coefficient (Wildman–Crippen LogP) is 1.49. The summed E-state index contributed by atoms with van der Waals surface area (Å²) >= 11 is 0. The Balaban J connectivity index is 2.29. The Kier molecular flexibility index (Phi) is 3.84. The number of aromatic nitrogens is 2. The molecule has 0 fully saturated rings. The van der Waals surface area contributed by atoms with Gasteiger partial charge in [0.2, 0.25) is 0 Å². The van der Waals surface area contributed by atoms with Gasteiger partial charge in [-0.3, -0.25) is 9.48 Å². The van der Waals surface area contributed by atoms with E-state index >= 15 is 0 Å². The van der Waals surface area contributed by atoms with Gasteiger partial charge in [0.05, 0.1) is 11.8 Å². The molecule has 112 valence electrons. The second-order valence-electron chi connectivity index (χ2n) is 4.91. The highest BCUT2D eigenvalue weighted by Crippen LogP contribution is 2.22. The molecule has 0 saturated carbocycles. The third-order valence-electron chi connectivity index (χ3n) is 3.37. The van der Waals surface area contributed by atoms with Crippen molar-refractivity contribution in [2.24, 2.45) is 7.05 Å². The summed E-state index contributed by atoms with van der Waals surface area (Å²) in [5, 5.41) is 15.7. The number of hydrogen-bond acceptors (Lipinski definition) is 4. The molecule has 0 bridgehead atoms. The zero-order chi connectivity index (χ0) is 15.7. The molecule has 2 N–H and O–H groups in total. The van der Waals surface area contributed by atoms with Gasteiger partial charge in [0.1, 0.15) is 11.5 Å². The Hall–Kier alpha value is -2.57. The van der Waals surface area contributed by atoms with Gasteiger partial charge < -0.3 is 14.8 Å². The lowest BCUT2D eigenvalue weighted by atomic mass is 10.1. The lowest BCUT2D eigenvalue weighted by Crippen LogP contribution is -2.34. The van der Waals surface area contributed by atoms with Gasteiger partial charge in [-0.2, -0.15) is 5.10 Å². The number of nitrogens with one attached hydrogen (secondary N) is 1. The number of carbonyl (C=O) groups excluding carboxylic acids is 1. The Labute approximate surface area is 121 Å². The van der Waals surface area contributed by atoms with Crippen LogP contribution in [-0.4, -0.2) is 26.8 Å². The average Bonchev–Trinajstić information content (AvgIpc) is 2.91. The zero-order valence-corrected chi connectivity index (χ0v) is 12.3. The van der Waals surface area contributed by atoms with E-state index in [0.29, 0.717) is 28.2 Å². The number of aryl methyl sites for hydroxylation is 3. The first-order valence-electron chi connectivity index (χ1n) is 6.40. The molecule has 2 rings (SSSR count). The van der Waals surface area contributed by atoms with Gasteiger partial charge in [0.15, 0.2) is 6.04 Å². The number of carboxylic acids is 1. The van der Waals surface area contributed by atoms with Crippen LogP contribution in [0.25, 0.3) is 0 Å². The quantitative estimate of drug-likeness (QED) is 0.889. The number of rotatable bonds is 4. The van der Waals surface area contributed by atoms with Crippen LogP contribution in [0.4, 0.5) is 0 Å². The topological polar surface area (TPSA) is 97.4 Å². The van der Waals surface area contributed by atoms with Crippen LogP contribution in [0, 0.1) is 20.8 Å². The SMILES string of the molecule is Cc1oc(C)c(C(=O)NC(C(=O)O)c2cnn(C)c2)c1C. The van der Waals surface area contributed by atoms with Crippen LogP contribution in [-0.2, 0) is 11.8 Å². The fourth-order valence-electron chi connectivity index (χ4n) is 2.21. The molecule has 7 nitrogen and oxygen atoms in total. The molecule has 0 spiro atoms. The van der Waals surface area contributed by atoms with Crippen molar-refractivity contribution in [3.8, 4) is 0 Å². The Bertz CT molecular complexity index is 699. The van der Waals surface area contributed by atoms with E-state index in [1.807, 2.05) is 0 Å². The third-order valence-corrected chi connectivity index (χ3v) is 3.37. The van der Waals surface area contributed by atoms with Crippen LogP contribution >= 0.6 is 0 Å². The van der Waals surface area contributed by atoms with E-state index in [9.17, 15) is 14.7 Å². The van der Waals surface area contributed by atoms with Crippen molar-refractivity contribution in [2.45, 2.75) is 26.8 Å². The van der Waals surface area contributed by atoms with Crippen molar-refractivity contribution in [1.82, 2.24) is 15.1 Å². The van der Waals surface area contributed by atoms with Crippen LogP contribution in [0.5, 0.6) is 0 Å². The van der Waals surface area contributed by atoms with Gasteiger partial charge in [0, 0.05) is 24.4 Å². The highest BCUT2D eigenvalue weighted by molar-refractivity contribution is 5.99. The lowest BCUT2D eigenvalue weighted by molar-refractivity contribution is -0.139. The number of carbonyl (C=O) groups is 2. The standard InChI is InChI=1S/C14H17N3O4/c1-7-8(2)21-9(3)11(7)13(18)16-12(14(19)20)10-5-15-17(4)6-10/h5-6,12H,1-4H3,(H,16,18)(H,19,20). The van der Waals surface area contributed by atoms with Crippen LogP contribution < -0.4 is 5.32 Å². The van der Waals surface area contributed by atoms with Gasteiger partial charge in [-0.25, -0.2) is 4.79 Å². The van der Waals surface area contributed by atoms with E-state index < -0.39 is 17.9 Å². The highest BCUT2D eigenvalue weighted by Gasteiger charge is 2.27. The van der Waals surface area contributed by atoms with E-state index in [0.717, 1.165) is 0 Å². The first-order chi connectivity index (χ1) is 9.81. The molecule has 1 atom stereocenters. The molecule has 0 saturated heterocycles. The molecule has 0 aliphatic rings. The largest absolute Gasteiger partial charge is 0.479 e. The number of aliphatic carboxylic acids is 1. The summed E-state index contributed by atoms with van der Waals surface area (Å²) in [6.45, 7) is 5.20. The molecule has 1 unspecified atom stereocenters. The number of furan rings is 1. The maximum atomic E-state index is 12.3. The van der Waals surface area contributed by atoms with Crippen LogP contribution in [0.1, 0.15) is 39.0 Å². The summed E-state index contributed by atoms with van der Waals surface area (Å²) in [7, 11) is 1.68. The third kappa shape index (κ3) is 2.81. The molecule has 2 heterocycles. The molecule has 0 aromatic carbocycles. The van der Waals surface area contributed by atoms with Crippen molar-refractivity contribution in [3.05, 3.63) is 40.6 Å². The van der Waals surface area contributed by atoms with Gasteiger partial charge >= 0.3 is 5.97 Å². The molecule has 1 amide bonds. The molecule has 7 heteroatoms. The molecule has 2 aromatic heterocycles. The molecule has 21 heavy (non-hydrogen) atoms. The number of amides is 1. The van der Waals surface area contributed by atoms with E-state index in [4.69, 9.17) is 4.42 Å². The summed E-state index contributed by atoms with van der Waals surface area (Å²) in [6.07, 6.45) is 2.97. The first-order valence-corrected chi connectivity index (χ1v) is 6.40. The monoisotopic (exact) mass is 291 g/mol. The molecule has 2 aromatic rings. The average molecular weight is 291 g/mol. The molecule has 0 aliphatic heterocycles. The fraction of sp³-hybridized carbons (Fsp3) is 0.357. The lowest BCUT2D eigenvalue weighted by Gasteiger charge is -2.13. The first kappa shape index (κ1) is 14.8. The van der Waals surface area contributed by atoms with Crippen molar-refractivity contribution < 1.29 is 19.1 Å². The minimum atomic E-state index is -1.15. The van der Waals surface area contributed by atoms with Crippen molar-refractivity contribution in [3.63, 3.8) is 0 Å². The van der Waals surface area contributed by atoms with Gasteiger partial charge in [-0.05, 0) is 20.8 Å². The molecular formula is C14H17N3O4. The summed E-state index contributed by atoms with van der Waals surface area (Å²) in [5.74, 6) is -0.506. The van der Waals surface area contributed by atoms with Crippen LogP contribution in [0.15, 0.2) is 16.8 Å². The number of carboxylic acid groups (broad SMARTS) is 1. The molecule has 0 aliphatic carbocycles. The van der Waals surface area contributed by atoms with Gasteiger partial charge in [-0.15, -0.1) is 0 Å². The van der Waals surface area contributed by atoms with E-state index in [1.54, 1.807) is 34.0 Å². The second-order valence-corrected chi connectivity index (χ2v) is 4.91. The number of nitrogens with zero attached hydrogens (tertiary/aromatic N) is 2. The van der Waals surface area contributed by atoms with E-state index in [1.165, 1.54) is 10.9 Å². The summed E-state index contributed by atoms with van der Waals surface area (Å²) in [4.78, 5) is 23.7. The predicted molar refractivity (Wildman–Crippen MR) is 74.0 cm³/mol. The van der Waals surface area contributed by atoms with Gasteiger partial charge in [0.25, 0.3) is 5.91 Å². The Morgan fingerprint density at radius 2 is 2.00 bits per heavy atom. The van der Waals surface area contributed by atoms with E-state index in [2.05, 4.69) is 10.4 Å². The maximum Gasteiger partial charge on any atom is 0.331 e. The van der Waals surface area contributed by atoms with Crippen LogP contribution in [0.2, 0.25) is 0 Å². The van der Waals surface area contributed by atoms with Crippen molar-refractivity contribution in [2.75, 3.05) is 0 Å². The van der Waals surface area contributed by atoms with E-state index in [-0.39, 0.29) is 0 Å². The second kappa shape index (κ2) is 5.43. The normalized spacial score (nSPS) is 12.2. The van der Waals surface area contributed by atoms with Crippen molar-refractivity contribution >= 4 is 11.9 Å².